The molecule has 1 unspecified atom stereocenters. The van der Waals surface area contributed by atoms with Gasteiger partial charge >= 0.3 is 5.97 Å². The lowest BCUT2D eigenvalue weighted by atomic mass is 10.0. The molecule has 0 aromatic rings. The number of carbonyl (C=O) groups excluding carboxylic acids is 1. The van der Waals surface area contributed by atoms with E-state index in [4.69, 9.17) is 14.7 Å². The van der Waals surface area contributed by atoms with E-state index in [0.717, 1.165) is 25.7 Å². The zero-order chi connectivity index (χ0) is 32.0. The number of hydrogen-bond donors (Lipinski definition) is 1. The quantitative estimate of drug-likeness (QED) is 0.0320. The summed E-state index contributed by atoms with van der Waals surface area (Å²) in [6.45, 7) is 5.36. The molecule has 0 fully saturated rings. The molecule has 0 bridgehead atoms. The fourth-order valence-corrected chi connectivity index (χ4v) is 6.03. The third-order valence-electron chi connectivity index (χ3n) is 9.03. The van der Waals surface area contributed by atoms with Gasteiger partial charge in [0.25, 0.3) is 0 Å². The second-order valence-corrected chi connectivity index (χ2v) is 13.5. The summed E-state index contributed by atoms with van der Waals surface area (Å²) in [5.74, 6) is -0.173. The van der Waals surface area contributed by atoms with Crippen molar-refractivity contribution in [2.24, 2.45) is 0 Å². The Kier molecular flexibility index (Phi) is 38.0. The highest BCUT2D eigenvalue weighted by Crippen LogP contribution is 2.15. The highest BCUT2D eigenvalue weighted by molar-refractivity contribution is 5.69. The largest absolute Gasteiger partial charge is 0.463 e. The molecular weight excluding hydrogens is 548 g/mol. The van der Waals surface area contributed by atoms with E-state index in [1.807, 2.05) is 0 Å². The van der Waals surface area contributed by atoms with E-state index < -0.39 is 6.10 Å². The summed E-state index contributed by atoms with van der Waals surface area (Å²) in [5.41, 5.74) is 0. The van der Waals surface area contributed by atoms with Crippen molar-refractivity contribution in [3.8, 4) is 0 Å². The van der Waals surface area contributed by atoms with Crippen LogP contribution in [0.2, 0.25) is 0 Å². The fourth-order valence-electron chi connectivity index (χ4n) is 6.03. The predicted octanol–water partition coefficient (Wildman–Crippen LogP) is 12.9. The summed E-state index contributed by atoms with van der Waals surface area (Å²) in [5, 5.41) is 8.88. The number of ether oxygens (including phenoxy) is 2. The average Bonchev–Trinajstić information content (AvgIpc) is 3.03. The van der Waals surface area contributed by atoms with Crippen LogP contribution in [-0.4, -0.2) is 37.2 Å². The molecule has 0 radical (unpaired) electrons. The lowest BCUT2D eigenvalue weighted by Crippen LogP contribution is -2.27. The molecule has 0 aliphatic carbocycles. The van der Waals surface area contributed by atoms with Gasteiger partial charge in [0.1, 0.15) is 19.3 Å². The lowest BCUT2D eigenvalue weighted by molar-refractivity contribution is -0.263. The van der Waals surface area contributed by atoms with Crippen LogP contribution in [0.1, 0.15) is 219 Å². The molecule has 0 rings (SSSR count). The Bertz CT molecular complexity index is 541. The van der Waals surface area contributed by atoms with Crippen molar-refractivity contribution in [3.05, 3.63) is 0 Å². The summed E-state index contributed by atoms with van der Waals surface area (Å²) < 4.78 is 11.2. The summed E-state index contributed by atoms with van der Waals surface area (Å²) in [4.78, 5) is 16.4. The first-order chi connectivity index (χ1) is 21.7. The predicted molar refractivity (Wildman–Crippen MR) is 188 cm³/mol. The minimum absolute atomic E-state index is 0.0328. The van der Waals surface area contributed by atoms with Gasteiger partial charge in [-0.05, 0) is 12.8 Å². The molecule has 0 saturated heterocycles. The smallest absolute Gasteiger partial charge is 0.305 e. The van der Waals surface area contributed by atoms with E-state index in [9.17, 15) is 4.79 Å². The summed E-state index contributed by atoms with van der Waals surface area (Å²) in [6.07, 6.45) is 41.3. The number of rotatable bonds is 38. The Morgan fingerprint density at radius 2 is 0.773 bits per heavy atom. The molecular formula is C39H78O5. The Morgan fingerprint density at radius 1 is 0.455 bits per heavy atom. The fraction of sp³-hybridized carbons (Fsp3) is 0.974. The van der Waals surface area contributed by atoms with Crippen LogP contribution >= 0.6 is 0 Å². The standard InChI is InChI=1S/C39H78O5/c1-3-5-7-9-11-13-15-17-19-21-23-25-27-29-31-33-35-42-38(37-44-41)36-43-39(40)34-32-30-28-26-24-22-20-18-16-14-12-10-8-6-4-2/h38,41H,3-37H2,1-2H3. The van der Waals surface area contributed by atoms with Crippen LogP contribution in [0.5, 0.6) is 0 Å². The molecule has 0 amide bonds. The molecule has 0 aromatic heterocycles. The van der Waals surface area contributed by atoms with Crippen molar-refractivity contribution in [1.82, 2.24) is 0 Å². The number of hydrogen-bond acceptors (Lipinski definition) is 5. The molecule has 5 heteroatoms. The third-order valence-corrected chi connectivity index (χ3v) is 9.03. The van der Waals surface area contributed by atoms with Gasteiger partial charge in [0, 0.05) is 13.0 Å². The summed E-state index contributed by atoms with van der Waals surface area (Å²) >= 11 is 0. The highest BCUT2D eigenvalue weighted by atomic mass is 17.1. The van der Waals surface area contributed by atoms with E-state index in [-0.39, 0.29) is 19.2 Å². The minimum Gasteiger partial charge on any atom is -0.463 e. The number of unbranched alkanes of at least 4 members (excludes halogenated alkanes) is 29. The molecule has 44 heavy (non-hydrogen) atoms. The molecule has 0 heterocycles. The number of esters is 1. The molecule has 264 valence electrons. The topological polar surface area (TPSA) is 65.0 Å². The van der Waals surface area contributed by atoms with Crippen LogP contribution in [0.25, 0.3) is 0 Å². The maximum atomic E-state index is 12.1. The van der Waals surface area contributed by atoms with Crippen molar-refractivity contribution in [2.75, 3.05) is 19.8 Å². The zero-order valence-electron chi connectivity index (χ0n) is 29.9. The average molecular weight is 627 g/mol. The van der Waals surface area contributed by atoms with E-state index in [2.05, 4.69) is 18.7 Å². The highest BCUT2D eigenvalue weighted by Gasteiger charge is 2.13. The summed E-state index contributed by atoms with van der Waals surface area (Å²) in [7, 11) is 0. The van der Waals surface area contributed by atoms with Gasteiger partial charge in [0.2, 0.25) is 0 Å². The Balaban J connectivity index is 3.46. The van der Waals surface area contributed by atoms with E-state index in [1.165, 1.54) is 173 Å². The lowest BCUT2D eigenvalue weighted by Gasteiger charge is -2.16. The van der Waals surface area contributed by atoms with Crippen molar-refractivity contribution in [3.63, 3.8) is 0 Å². The van der Waals surface area contributed by atoms with Gasteiger partial charge in [-0.25, -0.2) is 4.89 Å². The molecule has 0 saturated carbocycles. The van der Waals surface area contributed by atoms with Crippen LogP contribution in [0, 0.1) is 0 Å². The van der Waals surface area contributed by atoms with Gasteiger partial charge in [-0.15, -0.1) is 0 Å². The summed E-state index contributed by atoms with van der Waals surface area (Å²) in [6, 6.07) is 0. The van der Waals surface area contributed by atoms with Gasteiger partial charge in [-0.2, -0.15) is 0 Å². The monoisotopic (exact) mass is 627 g/mol. The van der Waals surface area contributed by atoms with Gasteiger partial charge in [-0.3, -0.25) is 10.1 Å². The maximum Gasteiger partial charge on any atom is 0.305 e. The second-order valence-electron chi connectivity index (χ2n) is 13.5. The van der Waals surface area contributed by atoms with Crippen LogP contribution in [0.4, 0.5) is 0 Å². The van der Waals surface area contributed by atoms with Crippen molar-refractivity contribution >= 4 is 5.97 Å². The first-order valence-corrected chi connectivity index (χ1v) is 19.8. The van der Waals surface area contributed by atoms with Crippen LogP contribution < -0.4 is 0 Å². The van der Waals surface area contributed by atoms with E-state index >= 15 is 0 Å². The molecule has 0 aromatic carbocycles. The SMILES string of the molecule is CCCCCCCCCCCCCCCCCCOC(COO)COC(=O)CCCCCCCCCCCCCCCCC. The van der Waals surface area contributed by atoms with Gasteiger partial charge in [0.05, 0.1) is 0 Å². The Labute approximate surface area is 275 Å². The van der Waals surface area contributed by atoms with Crippen LogP contribution in [-0.2, 0) is 19.2 Å². The molecule has 5 nitrogen and oxygen atoms in total. The van der Waals surface area contributed by atoms with Crippen molar-refractivity contribution < 1.29 is 24.4 Å². The number of carbonyl (C=O) groups is 1. The molecule has 0 aliphatic rings. The normalized spacial score (nSPS) is 12.2. The molecule has 1 N–H and O–H groups in total. The van der Waals surface area contributed by atoms with Gasteiger partial charge in [0.15, 0.2) is 0 Å². The zero-order valence-corrected chi connectivity index (χ0v) is 29.9. The second kappa shape index (κ2) is 38.5. The third kappa shape index (κ3) is 35.8. The van der Waals surface area contributed by atoms with Crippen LogP contribution in [0.3, 0.4) is 0 Å². The molecule has 0 aliphatic heterocycles. The minimum atomic E-state index is -0.402. The molecule has 1 atom stereocenters. The Morgan fingerprint density at radius 3 is 1.11 bits per heavy atom. The van der Waals surface area contributed by atoms with Crippen LogP contribution in [0.15, 0.2) is 0 Å². The van der Waals surface area contributed by atoms with E-state index in [0.29, 0.717) is 13.0 Å². The van der Waals surface area contributed by atoms with Crippen molar-refractivity contribution in [1.29, 1.82) is 0 Å². The first-order valence-electron chi connectivity index (χ1n) is 19.8. The van der Waals surface area contributed by atoms with Gasteiger partial charge < -0.3 is 9.47 Å². The van der Waals surface area contributed by atoms with E-state index in [1.54, 1.807) is 0 Å². The first kappa shape index (κ1) is 43.4. The van der Waals surface area contributed by atoms with Crippen molar-refractivity contribution in [2.45, 2.75) is 225 Å². The molecule has 0 spiro atoms. The maximum absolute atomic E-state index is 12.1. The van der Waals surface area contributed by atoms with Gasteiger partial charge in [-0.1, -0.05) is 200 Å². The Hall–Kier alpha value is -0.650.